The van der Waals surface area contributed by atoms with E-state index in [0.717, 1.165) is 5.56 Å². The first-order valence-electron chi connectivity index (χ1n) is 5.38. The van der Waals surface area contributed by atoms with Crippen LogP contribution in [0.15, 0.2) is 30.3 Å². The number of hydrogen-bond acceptors (Lipinski definition) is 2. The summed E-state index contributed by atoms with van der Waals surface area (Å²) in [7, 11) is 0. The lowest BCUT2D eigenvalue weighted by atomic mass is 9.96. The fourth-order valence-corrected chi connectivity index (χ4v) is 1.53. The lowest BCUT2D eigenvalue weighted by Crippen LogP contribution is -2.31. The van der Waals surface area contributed by atoms with E-state index in [1.54, 1.807) is 6.92 Å². The van der Waals surface area contributed by atoms with Gasteiger partial charge >= 0.3 is 0 Å². The summed E-state index contributed by atoms with van der Waals surface area (Å²) in [6, 6.07) is 9.82. The van der Waals surface area contributed by atoms with Gasteiger partial charge < -0.3 is 5.32 Å². The highest BCUT2D eigenvalue weighted by molar-refractivity contribution is 5.80. The van der Waals surface area contributed by atoms with Gasteiger partial charge in [-0.1, -0.05) is 30.3 Å². The van der Waals surface area contributed by atoms with Crippen molar-refractivity contribution in [3.63, 3.8) is 0 Å². The molecule has 16 heavy (non-hydrogen) atoms. The maximum atomic E-state index is 11.4. The molecular formula is C13H17NO2. The number of ketones is 1. The minimum atomic E-state index is -0.133. The third kappa shape index (κ3) is 4.26. The first kappa shape index (κ1) is 12.4. The molecule has 0 saturated heterocycles. The van der Waals surface area contributed by atoms with Crippen molar-refractivity contribution in [1.29, 1.82) is 0 Å². The third-order valence-electron chi connectivity index (χ3n) is 2.50. The number of carbonyl (C=O) groups excluding carboxylic acids is 2. The summed E-state index contributed by atoms with van der Waals surface area (Å²) in [6.07, 6.45) is 0.677. The Hall–Kier alpha value is -1.64. The second-order valence-corrected chi connectivity index (χ2v) is 3.93. The van der Waals surface area contributed by atoms with Gasteiger partial charge in [0.1, 0.15) is 5.78 Å². The zero-order valence-corrected chi connectivity index (χ0v) is 9.69. The third-order valence-corrected chi connectivity index (χ3v) is 2.50. The first-order chi connectivity index (χ1) is 7.59. The van der Waals surface area contributed by atoms with Crippen LogP contribution in [0.2, 0.25) is 0 Å². The molecule has 1 amide bonds. The molecule has 0 aromatic heterocycles. The summed E-state index contributed by atoms with van der Waals surface area (Å²) in [4.78, 5) is 22.2. The minimum absolute atomic E-state index is 0.0979. The molecule has 0 bridgehead atoms. The molecule has 86 valence electrons. The number of benzene rings is 1. The average molecular weight is 219 g/mol. The highest BCUT2D eigenvalue weighted by Crippen LogP contribution is 2.09. The predicted octanol–water partition coefficient (Wildman–Crippen LogP) is 1.57. The van der Waals surface area contributed by atoms with E-state index in [0.29, 0.717) is 13.0 Å². The molecule has 0 radical (unpaired) electrons. The highest BCUT2D eigenvalue weighted by Gasteiger charge is 2.14. The van der Waals surface area contributed by atoms with Gasteiger partial charge in [-0.25, -0.2) is 0 Å². The molecule has 1 aromatic carbocycles. The van der Waals surface area contributed by atoms with Crippen molar-refractivity contribution in [2.24, 2.45) is 5.92 Å². The van der Waals surface area contributed by atoms with Crippen molar-refractivity contribution in [2.75, 3.05) is 6.54 Å². The van der Waals surface area contributed by atoms with Gasteiger partial charge in [0.05, 0.1) is 0 Å². The van der Waals surface area contributed by atoms with Crippen molar-refractivity contribution in [3.8, 4) is 0 Å². The summed E-state index contributed by atoms with van der Waals surface area (Å²) in [5.41, 5.74) is 1.12. The number of Topliss-reactive ketones (excluding diaryl/α,β-unsaturated/α-hetero) is 1. The van der Waals surface area contributed by atoms with E-state index in [9.17, 15) is 9.59 Å². The predicted molar refractivity (Wildman–Crippen MR) is 63.0 cm³/mol. The Morgan fingerprint density at radius 3 is 2.31 bits per heavy atom. The van der Waals surface area contributed by atoms with Crippen molar-refractivity contribution in [3.05, 3.63) is 35.9 Å². The van der Waals surface area contributed by atoms with Crippen molar-refractivity contribution in [1.82, 2.24) is 5.32 Å². The maximum Gasteiger partial charge on any atom is 0.216 e. The smallest absolute Gasteiger partial charge is 0.216 e. The van der Waals surface area contributed by atoms with Gasteiger partial charge in [-0.15, -0.1) is 0 Å². The molecule has 0 spiro atoms. The highest BCUT2D eigenvalue weighted by atomic mass is 16.1. The van der Waals surface area contributed by atoms with Gasteiger partial charge in [-0.2, -0.15) is 0 Å². The Bertz CT molecular complexity index is 359. The Balaban J connectivity index is 2.58. The number of carbonyl (C=O) groups is 2. The zero-order chi connectivity index (χ0) is 12.0. The number of hydrogen-bond donors (Lipinski definition) is 1. The van der Waals surface area contributed by atoms with E-state index in [-0.39, 0.29) is 17.6 Å². The van der Waals surface area contributed by atoms with Crippen LogP contribution in [-0.2, 0) is 16.0 Å². The number of amides is 1. The van der Waals surface area contributed by atoms with Gasteiger partial charge in [0.2, 0.25) is 5.91 Å². The summed E-state index contributed by atoms with van der Waals surface area (Å²) in [6.45, 7) is 3.44. The normalized spacial score (nSPS) is 11.9. The molecule has 1 atom stereocenters. The number of nitrogens with one attached hydrogen (secondary N) is 1. The van der Waals surface area contributed by atoms with Crippen molar-refractivity contribution in [2.45, 2.75) is 20.3 Å². The first-order valence-corrected chi connectivity index (χ1v) is 5.38. The Labute approximate surface area is 95.9 Å². The Morgan fingerprint density at radius 2 is 1.81 bits per heavy atom. The van der Waals surface area contributed by atoms with Gasteiger partial charge in [-0.3, -0.25) is 9.59 Å². The largest absolute Gasteiger partial charge is 0.356 e. The summed E-state index contributed by atoms with van der Waals surface area (Å²) in [5.74, 6) is -0.122. The van der Waals surface area contributed by atoms with Crippen LogP contribution in [0.1, 0.15) is 19.4 Å². The second kappa shape index (κ2) is 6.05. The molecule has 0 aliphatic rings. The second-order valence-electron chi connectivity index (χ2n) is 3.93. The summed E-state index contributed by atoms with van der Waals surface area (Å²) < 4.78 is 0. The van der Waals surface area contributed by atoms with E-state index in [4.69, 9.17) is 0 Å². The van der Waals surface area contributed by atoms with Crippen LogP contribution >= 0.6 is 0 Å². The van der Waals surface area contributed by atoms with Crippen molar-refractivity contribution >= 4 is 11.7 Å². The zero-order valence-electron chi connectivity index (χ0n) is 9.69. The molecule has 0 aliphatic carbocycles. The van der Waals surface area contributed by atoms with Crippen LogP contribution in [0.3, 0.4) is 0 Å². The lowest BCUT2D eigenvalue weighted by molar-refractivity contribution is -0.121. The van der Waals surface area contributed by atoms with E-state index in [1.807, 2.05) is 30.3 Å². The average Bonchev–Trinajstić information content (AvgIpc) is 2.25. The van der Waals surface area contributed by atoms with Gasteiger partial charge in [-0.05, 0) is 18.9 Å². The molecule has 1 rings (SSSR count). The Morgan fingerprint density at radius 1 is 1.19 bits per heavy atom. The van der Waals surface area contributed by atoms with Crippen LogP contribution in [0.5, 0.6) is 0 Å². The van der Waals surface area contributed by atoms with Gasteiger partial charge in [0.25, 0.3) is 0 Å². The van der Waals surface area contributed by atoms with Gasteiger partial charge in [0, 0.05) is 19.4 Å². The number of rotatable bonds is 5. The molecule has 3 nitrogen and oxygen atoms in total. The lowest BCUT2D eigenvalue weighted by Gasteiger charge is -2.13. The maximum absolute atomic E-state index is 11.4. The summed E-state index contributed by atoms with van der Waals surface area (Å²) in [5, 5.41) is 2.69. The molecule has 0 fully saturated rings. The van der Waals surface area contributed by atoms with E-state index < -0.39 is 0 Å². The van der Waals surface area contributed by atoms with Crippen LogP contribution in [-0.4, -0.2) is 18.2 Å². The van der Waals surface area contributed by atoms with Crippen LogP contribution in [0.4, 0.5) is 0 Å². The van der Waals surface area contributed by atoms with E-state index >= 15 is 0 Å². The molecule has 0 saturated carbocycles. The molecule has 0 aliphatic heterocycles. The molecular weight excluding hydrogens is 202 g/mol. The molecule has 3 heteroatoms. The molecule has 0 heterocycles. The van der Waals surface area contributed by atoms with Crippen molar-refractivity contribution < 1.29 is 9.59 Å². The fourth-order valence-electron chi connectivity index (χ4n) is 1.53. The fraction of sp³-hybridized carbons (Fsp3) is 0.385. The van der Waals surface area contributed by atoms with E-state index in [1.165, 1.54) is 6.92 Å². The van der Waals surface area contributed by atoms with Crippen LogP contribution in [0.25, 0.3) is 0 Å². The quantitative estimate of drug-likeness (QED) is 0.817. The minimum Gasteiger partial charge on any atom is -0.356 e. The standard InChI is InChI=1S/C13H17NO2/c1-10(15)13(9-14-11(2)16)8-12-6-4-3-5-7-12/h3-7,13H,8-9H2,1-2H3,(H,14,16)/t13-/m1/s1. The molecule has 1 aromatic rings. The molecule has 0 unspecified atom stereocenters. The summed E-state index contributed by atoms with van der Waals surface area (Å²) >= 11 is 0. The monoisotopic (exact) mass is 219 g/mol. The van der Waals surface area contributed by atoms with Crippen LogP contribution < -0.4 is 5.32 Å². The SMILES string of the molecule is CC(=O)NC[C@@H](Cc1ccccc1)C(C)=O. The Kier molecular flexibility index (Phi) is 4.70. The van der Waals surface area contributed by atoms with Crippen LogP contribution in [0, 0.1) is 5.92 Å². The molecule has 1 N–H and O–H groups in total. The van der Waals surface area contributed by atoms with Gasteiger partial charge in [0.15, 0.2) is 0 Å². The topological polar surface area (TPSA) is 46.2 Å². The van der Waals surface area contributed by atoms with E-state index in [2.05, 4.69) is 5.32 Å².